The van der Waals surface area contributed by atoms with E-state index < -0.39 is 23.8 Å². The second-order valence-electron chi connectivity index (χ2n) is 6.12. The molecule has 3 rings (SSSR count). The molecule has 2 N–H and O–H groups in total. The third kappa shape index (κ3) is 3.41. The first-order chi connectivity index (χ1) is 13.2. The van der Waals surface area contributed by atoms with E-state index in [0.29, 0.717) is 27.5 Å². The summed E-state index contributed by atoms with van der Waals surface area (Å²) in [5, 5.41) is 4.47. The maximum atomic E-state index is 12.0. The number of benzene rings is 1. The number of hydrogen-bond acceptors (Lipinski definition) is 5. The normalized spacial score (nSPS) is 13.9. The van der Waals surface area contributed by atoms with Gasteiger partial charge in [-0.25, -0.2) is 9.59 Å². The highest BCUT2D eigenvalue weighted by molar-refractivity contribution is 6.32. The summed E-state index contributed by atoms with van der Waals surface area (Å²) in [7, 11) is 1.29. The van der Waals surface area contributed by atoms with Crippen molar-refractivity contribution in [3.8, 4) is 5.69 Å². The van der Waals surface area contributed by atoms with Crippen LogP contribution in [-0.4, -0.2) is 35.5 Å². The highest BCUT2D eigenvalue weighted by atomic mass is 35.5. The lowest BCUT2D eigenvalue weighted by Gasteiger charge is -2.14. The van der Waals surface area contributed by atoms with Crippen LogP contribution in [0.4, 0.5) is 4.79 Å². The van der Waals surface area contributed by atoms with Crippen LogP contribution in [0.1, 0.15) is 27.3 Å². The summed E-state index contributed by atoms with van der Waals surface area (Å²) in [5.74, 6) is -2.04. The zero-order valence-electron chi connectivity index (χ0n) is 15.3. The second kappa shape index (κ2) is 7.32. The van der Waals surface area contributed by atoms with E-state index in [9.17, 15) is 19.2 Å². The Morgan fingerprint density at radius 2 is 1.75 bits per heavy atom. The highest BCUT2D eigenvalue weighted by Crippen LogP contribution is 2.29. The number of nitrogens with zero attached hydrogens (tertiary/aromatic N) is 1. The summed E-state index contributed by atoms with van der Waals surface area (Å²) in [6.07, 6.45) is 1.40. The van der Waals surface area contributed by atoms with E-state index in [1.165, 1.54) is 13.2 Å². The van der Waals surface area contributed by atoms with Crippen LogP contribution in [0.5, 0.6) is 0 Å². The van der Waals surface area contributed by atoms with Crippen molar-refractivity contribution < 1.29 is 23.9 Å². The molecule has 2 aromatic rings. The predicted octanol–water partition coefficient (Wildman–Crippen LogP) is 2.28. The van der Waals surface area contributed by atoms with Gasteiger partial charge in [-0.1, -0.05) is 11.6 Å². The van der Waals surface area contributed by atoms with E-state index in [4.69, 9.17) is 16.3 Å². The Labute approximate surface area is 165 Å². The van der Waals surface area contributed by atoms with E-state index in [0.717, 1.165) is 5.69 Å². The average Bonchev–Trinajstić information content (AvgIpc) is 2.91. The molecule has 0 saturated carbocycles. The number of amides is 4. The summed E-state index contributed by atoms with van der Waals surface area (Å²) in [5.41, 5.74) is 2.74. The molecule has 0 bridgehead atoms. The Morgan fingerprint density at radius 3 is 2.36 bits per heavy atom. The summed E-state index contributed by atoms with van der Waals surface area (Å²) < 4.78 is 6.54. The van der Waals surface area contributed by atoms with E-state index in [1.54, 1.807) is 35.8 Å². The zero-order valence-corrected chi connectivity index (χ0v) is 16.0. The molecule has 2 heterocycles. The molecule has 1 aliphatic heterocycles. The summed E-state index contributed by atoms with van der Waals surface area (Å²) in [4.78, 5) is 47.0. The molecule has 8 nitrogen and oxygen atoms in total. The van der Waals surface area contributed by atoms with Crippen molar-refractivity contribution in [3.63, 3.8) is 0 Å². The summed E-state index contributed by atoms with van der Waals surface area (Å²) in [6, 6.07) is 5.66. The van der Waals surface area contributed by atoms with E-state index in [-0.39, 0.29) is 5.57 Å². The number of nitrogens with one attached hydrogen (secondary N) is 2. The molecular weight excluding hydrogens is 386 g/mol. The molecule has 1 saturated heterocycles. The number of ether oxygens (including phenoxy) is 1. The molecule has 0 atom stereocenters. The number of aryl methyl sites for hydroxylation is 1. The number of carbonyl (C=O) groups excluding carboxylic acids is 4. The Hall–Kier alpha value is -3.39. The topological polar surface area (TPSA) is 106 Å². The average molecular weight is 402 g/mol. The van der Waals surface area contributed by atoms with Crippen molar-refractivity contribution in [2.45, 2.75) is 13.8 Å². The van der Waals surface area contributed by atoms with Gasteiger partial charge in [0.2, 0.25) is 0 Å². The number of hydrogen-bond donors (Lipinski definition) is 2. The van der Waals surface area contributed by atoms with E-state index in [2.05, 4.69) is 0 Å². The fourth-order valence-corrected chi connectivity index (χ4v) is 3.20. The number of barbiturate groups is 1. The summed E-state index contributed by atoms with van der Waals surface area (Å²) >= 11 is 6.33. The number of imide groups is 2. The molecule has 28 heavy (non-hydrogen) atoms. The molecular formula is C19H16ClN3O5. The molecule has 4 amide bonds. The number of aromatic nitrogens is 1. The lowest BCUT2D eigenvalue weighted by Crippen LogP contribution is -2.51. The quantitative estimate of drug-likeness (QED) is 0.466. The first-order valence-corrected chi connectivity index (χ1v) is 8.56. The monoisotopic (exact) mass is 401 g/mol. The van der Waals surface area contributed by atoms with Crippen LogP contribution in [0.25, 0.3) is 11.8 Å². The number of esters is 1. The van der Waals surface area contributed by atoms with Crippen molar-refractivity contribution >= 4 is 41.5 Å². The van der Waals surface area contributed by atoms with Gasteiger partial charge in [-0.05, 0) is 49.8 Å². The molecule has 0 aliphatic carbocycles. The molecule has 1 aliphatic rings. The number of carbonyl (C=O) groups is 4. The molecule has 1 aromatic heterocycles. The lowest BCUT2D eigenvalue weighted by molar-refractivity contribution is -0.123. The SMILES string of the molecule is COC(=O)c1ccc(Cl)c(-n2c(C)cc(C=C3C(=O)NC(=O)NC3=O)c2C)c1. The fourth-order valence-electron chi connectivity index (χ4n) is 3.00. The van der Waals surface area contributed by atoms with Crippen LogP contribution in [0.15, 0.2) is 29.8 Å². The van der Waals surface area contributed by atoms with E-state index >= 15 is 0 Å². The fraction of sp³-hybridized carbons (Fsp3) is 0.158. The molecule has 0 radical (unpaired) electrons. The standard InChI is InChI=1S/C19H16ClN3O5/c1-9-6-12(7-13-16(24)21-19(27)22-17(13)25)10(2)23(9)15-8-11(18(26)28-3)4-5-14(15)20/h4-8H,1-3H3,(H2,21,22,24,25,27). The predicted molar refractivity (Wildman–Crippen MR) is 101 cm³/mol. The van der Waals surface area contributed by atoms with Crippen LogP contribution in [0, 0.1) is 13.8 Å². The van der Waals surface area contributed by atoms with Gasteiger partial charge in [0.25, 0.3) is 11.8 Å². The highest BCUT2D eigenvalue weighted by Gasteiger charge is 2.28. The van der Waals surface area contributed by atoms with Crippen LogP contribution in [0.2, 0.25) is 5.02 Å². The Bertz CT molecular complexity index is 1050. The van der Waals surface area contributed by atoms with Crippen LogP contribution >= 0.6 is 11.6 Å². The maximum absolute atomic E-state index is 12.0. The number of halogens is 1. The van der Waals surface area contributed by atoms with Gasteiger partial charge < -0.3 is 9.30 Å². The Balaban J connectivity index is 2.10. The summed E-state index contributed by atoms with van der Waals surface area (Å²) in [6.45, 7) is 3.60. The third-order valence-corrected chi connectivity index (χ3v) is 4.64. The first kappa shape index (κ1) is 19.4. The van der Waals surface area contributed by atoms with Gasteiger partial charge in [-0.3, -0.25) is 20.2 Å². The number of rotatable bonds is 3. The van der Waals surface area contributed by atoms with Gasteiger partial charge in [0.1, 0.15) is 5.57 Å². The van der Waals surface area contributed by atoms with Gasteiger partial charge >= 0.3 is 12.0 Å². The number of urea groups is 1. The van der Waals surface area contributed by atoms with Crippen LogP contribution in [-0.2, 0) is 14.3 Å². The minimum Gasteiger partial charge on any atom is -0.465 e. The minimum absolute atomic E-state index is 0.186. The van der Waals surface area contributed by atoms with Gasteiger partial charge in [-0.2, -0.15) is 0 Å². The largest absolute Gasteiger partial charge is 0.465 e. The van der Waals surface area contributed by atoms with E-state index in [1.807, 2.05) is 17.6 Å². The second-order valence-corrected chi connectivity index (χ2v) is 6.52. The van der Waals surface area contributed by atoms with Crippen molar-refractivity contribution in [2.75, 3.05) is 7.11 Å². The van der Waals surface area contributed by atoms with Crippen molar-refractivity contribution in [1.29, 1.82) is 0 Å². The Kier molecular flexibility index (Phi) is 5.06. The Morgan fingerprint density at radius 1 is 1.11 bits per heavy atom. The smallest absolute Gasteiger partial charge is 0.337 e. The lowest BCUT2D eigenvalue weighted by atomic mass is 10.1. The molecule has 1 aromatic carbocycles. The van der Waals surface area contributed by atoms with Crippen LogP contribution in [0.3, 0.4) is 0 Å². The van der Waals surface area contributed by atoms with Crippen molar-refractivity contribution in [2.24, 2.45) is 0 Å². The molecule has 0 unspecified atom stereocenters. The molecule has 1 fully saturated rings. The van der Waals surface area contributed by atoms with Gasteiger partial charge in [0, 0.05) is 11.4 Å². The van der Waals surface area contributed by atoms with Gasteiger partial charge in [0.15, 0.2) is 0 Å². The molecule has 0 spiro atoms. The van der Waals surface area contributed by atoms with Crippen molar-refractivity contribution in [3.05, 3.63) is 57.4 Å². The van der Waals surface area contributed by atoms with Gasteiger partial charge in [0.05, 0.1) is 23.4 Å². The maximum Gasteiger partial charge on any atom is 0.337 e. The molecule has 144 valence electrons. The molecule has 9 heteroatoms. The minimum atomic E-state index is -0.857. The van der Waals surface area contributed by atoms with Crippen LogP contribution < -0.4 is 10.6 Å². The van der Waals surface area contributed by atoms with Gasteiger partial charge in [-0.15, -0.1) is 0 Å². The third-order valence-electron chi connectivity index (χ3n) is 4.32. The van der Waals surface area contributed by atoms with Crippen molar-refractivity contribution in [1.82, 2.24) is 15.2 Å². The first-order valence-electron chi connectivity index (χ1n) is 8.18. The zero-order chi connectivity index (χ0) is 20.6. The number of methoxy groups -OCH3 is 1.